The Bertz CT molecular complexity index is 689. The summed E-state index contributed by atoms with van der Waals surface area (Å²) in [5.41, 5.74) is 7.21. The van der Waals surface area contributed by atoms with E-state index in [4.69, 9.17) is 5.11 Å². The summed E-state index contributed by atoms with van der Waals surface area (Å²) in [6, 6.07) is 0. The van der Waals surface area contributed by atoms with Crippen molar-refractivity contribution in [1.82, 2.24) is 0 Å². The summed E-state index contributed by atoms with van der Waals surface area (Å²) in [4.78, 5) is 9.24. The number of nitrogens with two attached hydrogens (primary N) is 1. The maximum Gasteiger partial charge on any atom is 0.317 e. The molecule has 0 radical (unpaired) electrons. The van der Waals surface area contributed by atoms with Gasteiger partial charge >= 0.3 is 5.97 Å². The summed E-state index contributed by atoms with van der Waals surface area (Å²) >= 11 is 0. The van der Waals surface area contributed by atoms with Crippen molar-refractivity contribution in [2.24, 2.45) is 46.2 Å². The first-order chi connectivity index (χ1) is 16.5. The van der Waals surface area contributed by atoms with Crippen molar-refractivity contribution in [3.63, 3.8) is 0 Å². The molecule has 0 spiro atoms. The third-order valence-electron chi connectivity index (χ3n) is 10.0. The maximum atomic E-state index is 10.2. The van der Waals surface area contributed by atoms with Gasteiger partial charge in [-0.2, -0.15) is 0 Å². The molecule has 3 fully saturated rings. The fraction of sp³-hybridized carbons (Fsp3) is 0.903. The van der Waals surface area contributed by atoms with Gasteiger partial charge in [0.15, 0.2) is 0 Å². The molecule has 4 aliphatic rings. The van der Waals surface area contributed by atoms with E-state index in [0.717, 1.165) is 42.4 Å². The highest BCUT2D eigenvalue weighted by Crippen LogP contribution is 2.66. The van der Waals surface area contributed by atoms with Gasteiger partial charge in [0.2, 0.25) is 0 Å². The van der Waals surface area contributed by atoms with Gasteiger partial charge in [0, 0.05) is 0 Å². The van der Waals surface area contributed by atoms with Crippen LogP contribution >= 0.6 is 0 Å². The highest BCUT2D eigenvalue weighted by Gasteiger charge is 2.58. The van der Waals surface area contributed by atoms with Gasteiger partial charge in [0.05, 0.1) is 12.6 Å². The molecular formula is C31H57NO3. The van der Waals surface area contributed by atoms with Crippen LogP contribution in [-0.2, 0) is 4.79 Å². The molecule has 4 rings (SSSR count). The molecule has 0 amide bonds. The van der Waals surface area contributed by atoms with E-state index in [1.165, 1.54) is 70.6 Å². The monoisotopic (exact) mass is 491 g/mol. The molecule has 4 aliphatic carbocycles. The number of aliphatic hydroxyl groups excluding tert-OH is 1. The van der Waals surface area contributed by atoms with E-state index in [2.05, 4.69) is 53.4 Å². The number of hydrogen-bond donors (Lipinski definition) is 3. The number of allylic oxidation sites excluding steroid dienone is 1. The predicted molar refractivity (Wildman–Crippen MR) is 147 cm³/mol. The molecule has 0 aromatic heterocycles. The lowest BCUT2D eigenvalue weighted by Crippen LogP contribution is -2.50. The summed E-state index contributed by atoms with van der Waals surface area (Å²) in [5, 5.41) is 17.8. The molecule has 0 aromatic rings. The van der Waals surface area contributed by atoms with Crippen molar-refractivity contribution in [3.8, 4) is 0 Å². The van der Waals surface area contributed by atoms with E-state index >= 15 is 0 Å². The van der Waals surface area contributed by atoms with Crippen LogP contribution in [0.4, 0.5) is 0 Å². The van der Waals surface area contributed by atoms with Crippen molar-refractivity contribution in [1.29, 1.82) is 0 Å². The minimum atomic E-state index is -0.968. The number of unbranched alkanes of at least 4 members (excludes halogenated alkanes) is 1. The molecule has 0 aliphatic heterocycles. The van der Waals surface area contributed by atoms with Gasteiger partial charge in [0.1, 0.15) is 0 Å². The number of aliphatic carboxylic acids is 1. The lowest BCUT2D eigenvalue weighted by molar-refractivity contribution is -0.135. The van der Waals surface area contributed by atoms with Gasteiger partial charge < -0.3 is 15.9 Å². The van der Waals surface area contributed by atoms with Crippen LogP contribution in [0.1, 0.15) is 125 Å². The number of hydrogen-bond acceptors (Lipinski definition) is 3. The third kappa shape index (κ3) is 7.34. The first-order valence-electron chi connectivity index (χ1n) is 14.8. The van der Waals surface area contributed by atoms with Crippen LogP contribution in [0.25, 0.3) is 0 Å². The average Bonchev–Trinajstić information content (AvgIpc) is 3.14. The molecule has 0 bridgehead atoms. The molecular weight excluding hydrogens is 434 g/mol. The largest absolute Gasteiger partial charge is 0.480 e. The topological polar surface area (TPSA) is 83.5 Å². The normalized spacial score (nSPS) is 37.5. The summed E-state index contributed by atoms with van der Waals surface area (Å²) in [7, 11) is 0. The molecule has 0 heterocycles. The second-order valence-electron chi connectivity index (χ2n) is 13.0. The highest BCUT2D eigenvalue weighted by atomic mass is 16.4. The van der Waals surface area contributed by atoms with Crippen LogP contribution in [0.5, 0.6) is 0 Å². The van der Waals surface area contributed by atoms with Crippen LogP contribution in [0.3, 0.4) is 0 Å². The van der Waals surface area contributed by atoms with Crippen LogP contribution in [0.15, 0.2) is 11.6 Å². The van der Waals surface area contributed by atoms with Crippen molar-refractivity contribution in [3.05, 3.63) is 11.6 Å². The average molecular weight is 492 g/mol. The second kappa shape index (κ2) is 13.6. The van der Waals surface area contributed by atoms with Crippen LogP contribution < -0.4 is 5.73 Å². The van der Waals surface area contributed by atoms with Crippen molar-refractivity contribution >= 4 is 5.97 Å². The fourth-order valence-corrected chi connectivity index (χ4v) is 8.17. The quantitative estimate of drug-likeness (QED) is 0.264. The van der Waals surface area contributed by atoms with Gasteiger partial charge in [-0.15, -0.1) is 0 Å². The Kier molecular flexibility index (Phi) is 11.8. The minimum Gasteiger partial charge on any atom is -0.480 e. The molecule has 35 heavy (non-hydrogen) atoms. The lowest BCUT2D eigenvalue weighted by Gasteiger charge is -2.58. The van der Waals surface area contributed by atoms with E-state index in [9.17, 15) is 9.90 Å². The standard InChI is InChI=1S/C26H44O.C3H8.C2H5NO2/c1-18(2)7-5-6-8-19-10-12-23-22-11-9-20-17-21(27)13-15-26(20,4)24(22)14-16-25(19,23)3;1-3-2;3-1-2(4)5/h9,18-19,21-24,27H,5-8,10-17H2,1-4H3;3H2,1-2H3;1,3H2,(H,4,5)/t19-,21-,22?,23?,24?,25+,26-;;/m0../s1. The maximum absolute atomic E-state index is 10.2. The number of carboxylic acids is 1. The zero-order valence-electron chi connectivity index (χ0n) is 23.8. The number of rotatable bonds is 6. The van der Waals surface area contributed by atoms with E-state index in [1.54, 1.807) is 5.57 Å². The Hall–Kier alpha value is -0.870. The Labute approximate surface area is 216 Å². The Morgan fingerprint density at radius 1 is 1.09 bits per heavy atom. The Balaban J connectivity index is 0.000000473. The number of carbonyl (C=O) groups is 1. The molecule has 7 atom stereocenters. The van der Waals surface area contributed by atoms with Gasteiger partial charge in [-0.25, -0.2) is 0 Å². The minimum absolute atomic E-state index is 0.0727. The number of aliphatic hydroxyl groups is 1. The third-order valence-corrected chi connectivity index (χ3v) is 10.0. The zero-order chi connectivity index (χ0) is 26.2. The zero-order valence-corrected chi connectivity index (χ0v) is 23.8. The first-order valence-corrected chi connectivity index (χ1v) is 14.8. The van der Waals surface area contributed by atoms with E-state index < -0.39 is 5.97 Å². The van der Waals surface area contributed by atoms with Gasteiger partial charge in [0.25, 0.3) is 0 Å². The fourth-order valence-electron chi connectivity index (χ4n) is 8.17. The van der Waals surface area contributed by atoms with E-state index in [-0.39, 0.29) is 12.6 Å². The molecule has 4 N–H and O–H groups in total. The highest BCUT2D eigenvalue weighted by molar-refractivity contribution is 5.68. The molecule has 204 valence electrons. The molecule has 4 heteroatoms. The van der Waals surface area contributed by atoms with Crippen molar-refractivity contribution in [2.75, 3.05) is 6.54 Å². The predicted octanol–water partition coefficient (Wildman–Crippen LogP) is 7.59. The lowest BCUT2D eigenvalue weighted by atomic mass is 9.47. The SMILES string of the molecule is CC(C)CCCC[C@H]1CCC2C3CC=C4C[C@@H](O)CC[C@]4(C)C3CC[C@@]21C.CCC.NCC(=O)O. The second-order valence-corrected chi connectivity index (χ2v) is 13.0. The van der Waals surface area contributed by atoms with Crippen LogP contribution in [0, 0.1) is 40.4 Å². The molecule has 0 saturated heterocycles. The molecule has 4 nitrogen and oxygen atoms in total. The van der Waals surface area contributed by atoms with Gasteiger partial charge in [-0.05, 0) is 98.2 Å². The number of fused-ring (bicyclic) bond motifs is 5. The summed E-state index contributed by atoms with van der Waals surface area (Å²) < 4.78 is 0. The Morgan fingerprint density at radius 3 is 2.34 bits per heavy atom. The molecule has 3 saturated carbocycles. The smallest absolute Gasteiger partial charge is 0.317 e. The van der Waals surface area contributed by atoms with Crippen molar-refractivity contribution < 1.29 is 15.0 Å². The van der Waals surface area contributed by atoms with Crippen LogP contribution in [0.2, 0.25) is 0 Å². The van der Waals surface area contributed by atoms with Crippen molar-refractivity contribution in [2.45, 2.75) is 131 Å². The number of carboxylic acid groups (broad SMARTS) is 1. The summed E-state index contributed by atoms with van der Waals surface area (Å²) in [6.07, 6.45) is 20.0. The Morgan fingerprint density at radius 2 is 1.74 bits per heavy atom. The van der Waals surface area contributed by atoms with Crippen LogP contribution in [-0.4, -0.2) is 28.8 Å². The van der Waals surface area contributed by atoms with E-state index in [0.29, 0.717) is 10.8 Å². The molecule has 0 aromatic carbocycles. The first kappa shape index (κ1) is 30.4. The molecule has 3 unspecified atom stereocenters. The summed E-state index contributed by atoms with van der Waals surface area (Å²) in [6.45, 7) is 13.9. The summed E-state index contributed by atoms with van der Waals surface area (Å²) in [5.74, 6) is 3.67. The van der Waals surface area contributed by atoms with Gasteiger partial charge in [-0.3, -0.25) is 4.79 Å². The van der Waals surface area contributed by atoms with E-state index in [1.807, 2.05) is 0 Å². The van der Waals surface area contributed by atoms with Gasteiger partial charge in [-0.1, -0.05) is 78.9 Å².